The van der Waals surface area contributed by atoms with Crippen molar-refractivity contribution in [3.8, 4) is 5.75 Å². The molecule has 2 aromatic carbocycles. The molecule has 210 valence electrons. The number of halogens is 1. The maximum absolute atomic E-state index is 13.8. The van der Waals surface area contributed by atoms with Crippen LogP contribution < -0.4 is 26.0 Å². The van der Waals surface area contributed by atoms with Crippen LogP contribution in [0.15, 0.2) is 42.5 Å². The third-order valence-electron chi connectivity index (χ3n) is 8.41. The molecule has 7 nitrogen and oxygen atoms in total. The van der Waals surface area contributed by atoms with Crippen LogP contribution in [0.5, 0.6) is 5.75 Å². The van der Waals surface area contributed by atoms with Gasteiger partial charge in [0.1, 0.15) is 23.7 Å². The molecule has 5 rings (SSSR count). The molecular weight excluding hydrogens is 495 g/mol. The van der Waals surface area contributed by atoms with Crippen molar-refractivity contribution in [2.45, 2.75) is 75.9 Å². The van der Waals surface area contributed by atoms with E-state index in [1.54, 1.807) is 24.3 Å². The molecule has 3 aliphatic rings. The lowest BCUT2D eigenvalue weighted by Crippen LogP contribution is -2.48. The highest BCUT2D eigenvalue weighted by Crippen LogP contribution is 2.34. The van der Waals surface area contributed by atoms with Gasteiger partial charge in [0.25, 0.3) is 5.91 Å². The Morgan fingerprint density at radius 3 is 2.54 bits per heavy atom. The molecule has 2 aromatic rings. The minimum absolute atomic E-state index is 0.146. The van der Waals surface area contributed by atoms with Crippen LogP contribution in [0.1, 0.15) is 79.6 Å². The highest BCUT2D eigenvalue weighted by atomic mass is 19.1. The number of piperidine rings is 1. The quantitative estimate of drug-likeness (QED) is 0.352. The summed E-state index contributed by atoms with van der Waals surface area (Å²) in [7, 11) is 0. The first kappa shape index (κ1) is 27.4. The number of rotatable bonds is 10. The maximum atomic E-state index is 13.8. The van der Waals surface area contributed by atoms with E-state index in [1.807, 2.05) is 12.1 Å². The maximum Gasteiger partial charge on any atom is 0.251 e. The third kappa shape index (κ3) is 7.50. The second kappa shape index (κ2) is 13.3. The Kier molecular flexibility index (Phi) is 9.35. The molecular formula is C31H41FN4O3. The molecule has 4 N–H and O–H groups in total. The molecule has 8 heteroatoms. The Hall–Kier alpha value is -3.13. The van der Waals surface area contributed by atoms with Gasteiger partial charge in [0, 0.05) is 30.3 Å². The first-order valence-electron chi connectivity index (χ1n) is 14.6. The third-order valence-corrected chi connectivity index (χ3v) is 8.41. The average Bonchev–Trinajstić information content (AvgIpc) is 3.36. The summed E-state index contributed by atoms with van der Waals surface area (Å²) in [6, 6.07) is 11.4. The van der Waals surface area contributed by atoms with E-state index < -0.39 is 6.04 Å². The number of anilines is 1. The van der Waals surface area contributed by atoms with Crippen LogP contribution in [0, 0.1) is 11.7 Å². The fourth-order valence-corrected chi connectivity index (χ4v) is 6.15. The van der Waals surface area contributed by atoms with Crippen molar-refractivity contribution < 1.29 is 18.7 Å². The average molecular weight is 537 g/mol. The van der Waals surface area contributed by atoms with Gasteiger partial charge in [-0.2, -0.15) is 0 Å². The second-order valence-electron chi connectivity index (χ2n) is 11.2. The van der Waals surface area contributed by atoms with E-state index >= 15 is 0 Å². The molecule has 2 fully saturated rings. The highest BCUT2D eigenvalue weighted by molar-refractivity contribution is 5.97. The summed E-state index contributed by atoms with van der Waals surface area (Å²) in [4.78, 5) is 26.5. The number of amides is 2. The molecule has 0 spiro atoms. The number of benzene rings is 2. The Balaban J connectivity index is 1.17. The molecule has 0 aromatic heterocycles. The zero-order chi connectivity index (χ0) is 27.0. The number of hydrogen-bond acceptors (Lipinski definition) is 5. The number of ether oxygens (including phenoxy) is 1. The van der Waals surface area contributed by atoms with Crippen molar-refractivity contribution in [1.29, 1.82) is 0 Å². The zero-order valence-corrected chi connectivity index (χ0v) is 22.6. The van der Waals surface area contributed by atoms with Gasteiger partial charge < -0.3 is 26.0 Å². The summed E-state index contributed by atoms with van der Waals surface area (Å²) < 4.78 is 19.8. The number of hydrogen-bond donors (Lipinski definition) is 4. The minimum atomic E-state index is -0.585. The first-order chi connectivity index (χ1) is 19.0. The standard InChI is InChI=1S/C31H41FN4O3/c32-24-8-11-28-27(19-24)23(20-35-28)12-17-34-31(38)29(18-21-4-2-1-3-5-21)36-30(37)22-6-9-25(10-7-22)39-26-13-15-33-16-14-26/h6-11,19,21,23,26,29,33,35H,1-5,12-18,20H2,(H,34,38)(H,36,37). The first-order valence-corrected chi connectivity index (χ1v) is 14.6. The summed E-state index contributed by atoms with van der Waals surface area (Å²) in [5.74, 6) is 0.705. The number of carbonyl (C=O) groups is 2. The Bertz CT molecular complexity index is 1110. The summed E-state index contributed by atoms with van der Waals surface area (Å²) in [5, 5.41) is 12.7. The zero-order valence-electron chi connectivity index (χ0n) is 22.6. The Morgan fingerprint density at radius 2 is 1.77 bits per heavy atom. The van der Waals surface area contributed by atoms with Gasteiger partial charge in [0.15, 0.2) is 0 Å². The van der Waals surface area contributed by atoms with Crippen LogP contribution >= 0.6 is 0 Å². The Labute approximate surface area is 230 Å². The number of nitrogens with one attached hydrogen (secondary N) is 4. The van der Waals surface area contributed by atoms with Crippen molar-refractivity contribution >= 4 is 17.5 Å². The summed E-state index contributed by atoms with van der Waals surface area (Å²) in [5.41, 5.74) is 2.44. The topological polar surface area (TPSA) is 91.5 Å². The summed E-state index contributed by atoms with van der Waals surface area (Å²) in [6.45, 7) is 3.12. The summed E-state index contributed by atoms with van der Waals surface area (Å²) >= 11 is 0. The van der Waals surface area contributed by atoms with E-state index in [0.29, 0.717) is 30.9 Å². The van der Waals surface area contributed by atoms with E-state index in [-0.39, 0.29) is 29.7 Å². The van der Waals surface area contributed by atoms with Crippen molar-refractivity contribution in [3.63, 3.8) is 0 Å². The lowest BCUT2D eigenvalue weighted by Gasteiger charge is -2.27. The lowest BCUT2D eigenvalue weighted by molar-refractivity contribution is -0.123. The number of carbonyl (C=O) groups excluding carboxylic acids is 2. The molecule has 1 saturated heterocycles. The monoisotopic (exact) mass is 536 g/mol. The van der Waals surface area contributed by atoms with E-state index in [0.717, 1.165) is 62.3 Å². The van der Waals surface area contributed by atoms with Crippen molar-refractivity contribution in [3.05, 3.63) is 59.4 Å². The van der Waals surface area contributed by atoms with Crippen LogP contribution in [0.4, 0.5) is 10.1 Å². The van der Waals surface area contributed by atoms with Gasteiger partial charge in [-0.15, -0.1) is 0 Å². The van der Waals surface area contributed by atoms with Gasteiger partial charge in [0.05, 0.1) is 0 Å². The van der Waals surface area contributed by atoms with Crippen molar-refractivity contribution in [2.75, 3.05) is 31.5 Å². The second-order valence-corrected chi connectivity index (χ2v) is 11.2. The highest BCUT2D eigenvalue weighted by Gasteiger charge is 2.27. The summed E-state index contributed by atoms with van der Waals surface area (Å²) in [6.07, 6.45) is 9.28. The van der Waals surface area contributed by atoms with Gasteiger partial charge in [-0.25, -0.2) is 4.39 Å². The van der Waals surface area contributed by atoms with Crippen LogP contribution in [-0.2, 0) is 4.79 Å². The molecule has 1 saturated carbocycles. The van der Waals surface area contributed by atoms with Crippen molar-refractivity contribution in [2.24, 2.45) is 5.92 Å². The van der Waals surface area contributed by atoms with Crippen LogP contribution in [0.3, 0.4) is 0 Å². The van der Waals surface area contributed by atoms with E-state index in [9.17, 15) is 14.0 Å². The molecule has 2 heterocycles. The SMILES string of the molecule is O=C(NC(CC1CCCCC1)C(=O)NCCC1CNc2ccc(F)cc21)c1ccc(OC2CCNCC2)cc1. The molecule has 39 heavy (non-hydrogen) atoms. The van der Waals surface area contributed by atoms with Crippen LogP contribution in [0.25, 0.3) is 0 Å². The fraction of sp³-hybridized carbons (Fsp3) is 0.548. The van der Waals surface area contributed by atoms with E-state index in [2.05, 4.69) is 21.3 Å². The number of fused-ring (bicyclic) bond motifs is 1. The van der Waals surface area contributed by atoms with Gasteiger partial charge >= 0.3 is 0 Å². The largest absolute Gasteiger partial charge is 0.490 e. The predicted molar refractivity (Wildman–Crippen MR) is 151 cm³/mol. The molecule has 0 radical (unpaired) electrons. The molecule has 2 unspecified atom stereocenters. The van der Waals surface area contributed by atoms with Gasteiger partial charge in [0.2, 0.25) is 5.91 Å². The molecule has 2 amide bonds. The smallest absolute Gasteiger partial charge is 0.251 e. The predicted octanol–water partition coefficient (Wildman–Crippen LogP) is 4.74. The van der Waals surface area contributed by atoms with Gasteiger partial charge in [-0.1, -0.05) is 32.1 Å². The lowest BCUT2D eigenvalue weighted by atomic mass is 9.84. The molecule has 1 aliphatic carbocycles. The van der Waals surface area contributed by atoms with Gasteiger partial charge in [-0.3, -0.25) is 9.59 Å². The van der Waals surface area contributed by atoms with Crippen LogP contribution in [0.2, 0.25) is 0 Å². The van der Waals surface area contributed by atoms with Crippen molar-refractivity contribution in [1.82, 2.24) is 16.0 Å². The Morgan fingerprint density at radius 1 is 1.00 bits per heavy atom. The van der Waals surface area contributed by atoms with Crippen LogP contribution in [-0.4, -0.2) is 50.1 Å². The normalized spacial score (nSPS) is 20.5. The van der Waals surface area contributed by atoms with Gasteiger partial charge in [-0.05, 0) is 92.7 Å². The fourth-order valence-electron chi connectivity index (χ4n) is 6.15. The molecule has 2 aliphatic heterocycles. The van der Waals surface area contributed by atoms with E-state index in [1.165, 1.54) is 25.3 Å². The van der Waals surface area contributed by atoms with E-state index in [4.69, 9.17) is 4.74 Å². The minimum Gasteiger partial charge on any atom is -0.490 e. The molecule has 2 atom stereocenters. The molecule has 0 bridgehead atoms.